The highest BCUT2D eigenvalue weighted by Gasteiger charge is 2.23. The van der Waals surface area contributed by atoms with Crippen molar-refractivity contribution in [2.75, 3.05) is 17.9 Å². The molecule has 154 valence electrons. The van der Waals surface area contributed by atoms with Gasteiger partial charge in [-0.25, -0.2) is 13.2 Å². The van der Waals surface area contributed by atoms with E-state index in [1.54, 1.807) is 19.1 Å². The van der Waals surface area contributed by atoms with E-state index in [1.807, 2.05) is 0 Å². The zero-order valence-electron chi connectivity index (χ0n) is 15.8. The minimum Gasteiger partial charge on any atom is -0.478 e. The van der Waals surface area contributed by atoms with Gasteiger partial charge >= 0.3 is 5.97 Å². The van der Waals surface area contributed by atoms with E-state index in [0.717, 1.165) is 18.9 Å². The number of carbonyl (C=O) groups is 2. The molecule has 0 spiro atoms. The summed E-state index contributed by atoms with van der Waals surface area (Å²) >= 11 is 0. The van der Waals surface area contributed by atoms with Crippen molar-refractivity contribution >= 4 is 27.6 Å². The highest BCUT2D eigenvalue weighted by molar-refractivity contribution is 7.92. The first kappa shape index (κ1) is 20.8. The number of benzene rings is 2. The molecule has 0 bridgehead atoms. The molecule has 0 aromatic heterocycles. The highest BCUT2D eigenvalue weighted by atomic mass is 32.2. The Labute approximate surface area is 168 Å². The van der Waals surface area contributed by atoms with Crippen molar-refractivity contribution in [1.29, 1.82) is 0 Å². The summed E-state index contributed by atoms with van der Waals surface area (Å²) < 4.78 is 33.7. The van der Waals surface area contributed by atoms with Crippen LogP contribution in [0.5, 0.6) is 0 Å². The van der Waals surface area contributed by atoms with Gasteiger partial charge in [-0.2, -0.15) is 0 Å². The molecule has 2 aromatic carbocycles. The number of nitrogens with one attached hydrogen (secondary N) is 2. The van der Waals surface area contributed by atoms with Crippen LogP contribution in [0.3, 0.4) is 0 Å². The minimum atomic E-state index is -4.10. The number of ether oxygens (including phenoxy) is 1. The molecule has 2 aromatic rings. The molecular weight excluding hydrogens is 396 g/mol. The molecule has 0 radical (unpaired) electrons. The molecule has 0 aliphatic carbocycles. The highest BCUT2D eigenvalue weighted by Crippen LogP contribution is 2.23. The molecular formula is C20H22N2O6S. The van der Waals surface area contributed by atoms with E-state index in [-0.39, 0.29) is 27.8 Å². The van der Waals surface area contributed by atoms with E-state index < -0.39 is 21.9 Å². The lowest BCUT2D eigenvalue weighted by Gasteiger charge is -2.15. The third kappa shape index (κ3) is 4.93. The number of carboxylic acid groups (broad SMARTS) is 1. The Kier molecular flexibility index (Phi) is 6.19. The maximum atomic E-state index is 12.9. The summed E-state index contributed by atoms with van der Waals surface area (Å²) in [5.74, 6) is -1.65. The average molecular weight is 418 g/mol. The second kappa shape index (κ2) is 8.62. The summed E-state index contributed by atoms with van der Waals surface area (Å²) in [5, 5.41) is 11.9. The molecule has 1 aliphatic rings. The molecule has 0 saturated carbocycles. The molecule has 3 rings (SSSR count). The van der Waals surface area contributed by atoms with Crippen molar-refractivity contribution in [3.63, 3.8) is 0 Å². The third-order valence-electron chi connectivity index (χ3n) is 4.65. The number of hydrogen-bond donors (Lipinski definition) is 3. The van der Waals surface area contributed by atoms with Gasteiger partial charge in [-0.05, 0) is 49.6 Å². The molecule has 1 fully saturated rings. The third-order valence-corrected chi connectivity index (χ3v) is 6.16. The summed E-state index contributed by atoms with van der Waals surface area (Å²) in [7, 11) is -4.10. The number of aryl methyl sites for hydroxylation is 1. The van der Waals surface area contributed by atoms with E-state index in [1.165, 1.54) is 24.3 Å². The summed E-state index contributed by atoms with van der Waals surface area (Å²) in [6.45, 7) is 2.59. The number of amides is 1. The van der Waals surface area contributed by atoms with Gasteiger partial charge in [0.1, 0.15) is 0 Å². The Hall–Kier alpha value is -2.91. The zero-order valence-corrected chi connectivity index (χ0v) is 16.7. The molecule has 1 saturated heterocycles. The van der Waals surface area contributed by atoms with Gasteiger partial charge in [-0.15, -0.1) is 0 Å². The van der Waals surface area contributed by atoms with Crippen molar-refractivity contribution in [2.24, 2.45) is 0 Å². The predicted molar refractivity (Wildman–Crippen MR) is 107 cm³/mol. The van der Waals surface area contributed by atoms with Crippen LogP contribution < -0.4 is 10.0 Å². The van der Waals surface area contributed by atoms with Crippen LogP contribution in [0.25, 0.3) is 0 Å². The molecule has 29 heavy (non-hydrogen) atoms. The molecule has 8 nitrogen and oxygen atoms in total. The first-order chi connectivity index (χ1) is 13.8. The second-order valence-electron chi connectivity index (χ2n) is 6.78. The summed E-state index contributed by atoms with van der Waals surface area (Å²) in [6.07, 6.45) is 1.78. The molecule has 9 heteroatoms. The lowest BCUT2D eigenvalue weighted by atomic mass is 10.1. The molecule has 1 atom stereocenters. The Morgan fingerprint density at radius 1 is 1.21 bits per heavy atom. The standard InChI is InChI=1S/C20H22N2O6S/c1-13-8-9-14(20(24)25)11-18(13)29(26,27)22-17-7-3-2-6-16(17)19(23)21-12-15-5-4-10-28-15/h2-3,6-9,11,15,22H,4-5,10,12H2,1H3,(H,21,23)(H,24,25)/t15-/m1/s1. The Morgan fingerprint density at radius 3 is 2.66 bits per heavy atom. The van der Waals surface area contributed by atoms with Gasteiger partial charge in [0, 0.05) is 13.2 Å². The van der Waals surface area contributed by atoms with Crippen LogP contribution in [0.4, 0.5) is 5.69 Å². The van der Waals surface area contributed by atoms with E-state index in [9.17, 15) is 18.0 Å². The number of anilines is 1. The van der Waals surface area contributed by atoms with Crippen LogP contribution in [0.1, 0.15) is 39.1 Å². The van der Waals surface area contributed by atoms with E-state index in [0.29, 0.717) is 18.7 Å². The summed E-state index contributed by atoms with van der Waals surface area (Å²) in [5.41, 5.74) is 0.528. The number of hydrogen-bond acceptors (Lipinski definition) is 5. The average Bonchev–Trinajstić information content (AvgIpc) is 3.20. The monoisotopic (exact) mass is 418 g/mol. The van der Waals surface area contributed by atoms with Gasteiger partial charge in [-0.1, -0.05) is 18.2 Å². The van der Waals surface area contributed by atoms with Crippen molar-refractivity contribution in [1.82, 2.24) is 5.32 Å². The van der Waals surface area contributed by atoms with Crippen molar-refractivity contribution in [3.8, 4) is 0 Å². The van der Waals surface area contributed by atoms with Crippen molar-refractivity contribution in [3.05, 3.63) is 59.2 Å². The summed E-state index contributed by atoms with van der Waals surface area (Å²) in [4.78, 5) is 23.6. The Morgan fingerprint density at radius 2 is 1.97 bits per heavy atom. The molecule has 1 aliphatic heterocycles. The second-order valence-corrected chi connectivity index (χ2v) is 8.43. The van der Waals surface area contributed by atoms with Crippen LogP contribution in [-0.2, 0) is 14.8 Å². The van der Waals surface area contributed by atoms with Gasteiger partial charge in [0.2, 0.25) is 0 Å². The number of rotatable bonds is 7. The van der Waals surface area contributed by atoms with Crippen LogP contribution in [0.2, 0.25) is 0 Å². The van der Waals surface area contributed by atoms with E-state index in [4.69, 9.17) is 9.84 Å². The Bertz CT molecular complexity index is 1030. The number of carboxylic acids is 1. The minimum absolute atomic E-state index is 0.0378. The zero-order chi connectivity index (χ0) is 21.0. The number of aromatic carboxylic acids is 1. The molecule has 1 amide bonds. The van der Waals surface area contributed by atoms with Gasteiger partial charge in [0.15, 0.2) is 0 Å². The van der Waals surface area contributed by atoms with E-state index in [2.05, 4.69) is 10.0 Å². The summed E-state index contributed by atoms with van der Waals surface area (Å²) in [6, 6.07) is 10.1. The Balaban J connectivity index is 1.83. The fourth-order valence-electron chi connectivity index (χ4n) is 3.10. The topological polar surface area (TPSA) is 122 Å². The quantitative estimate of drug-likeness (QED) is 0.635. The fourth-order valence-corrected chi connectivity index (χ4v) is 4.45. The van der Waals surface area contributed by atoms with Gasteiger partial charge in [0.25, 0.3) is 15.9 Å². The predicted octanol–water partition coefficient (Wildman–Crippen LogP) is 2.40. The van der Waals surface area contributed by atoms with Crippen LogP contribution in [-0.4, -0.2) is 44.7 Å². The normalized spacial score (nSPS) is 16.4. The van der Waals surface area contributed by atoms with Crippen molar-refractivity contribution < 1.29 is 27.9 Å². The molecule has 0 unspecified atom stereocenters. The number of para-hydroxylation sites is 1. The van der Waals surface area contributed by atoms with Crippen LogP contribution >= 0.6 is 0 Å². The number of sulfonamides is 1. The van der Waals surface area contributed by atoms with E-state index >= 15 is 0 Å². The fraction of sp³-hybridized carbons (Fsp3) is 0.300. The lowest BCUT2D eigenvalue weighted by molar-refractivity contribution is 0.0696. The maximum Gasteiger partial charge on any atom is 0.335 e. The smallest absolute Gasteiger partial charge is 0.335 e. The van der Waals surface area contributed by atoms with Crippen molar-refractivity contribution in [2.45, 2.75) is 30.8 Å². The first-order valence-electron chi connectivity index (χ1n) is 9.13. The first-order valence-corrected chi connectivity index (χ1v) is 10.6. The molecule has 1 heterocycles. The molecule has 3 N–H and O–H groups in total. The van der Waals surface area contributed by atoms with Gasteiger partial charge < -0.3 is 15.2 Å². The number of carbonyl (C=O) groups excluding carboxylic acids is 1. The van der Waals surface area contributed by atoms with Crippen LogP contribution in [0, 0.1) is 6.92 Å². The van der Waals surface area contributed by atoms with Gasteiger partial charge in [-0.3, -0.25) is 9.52 Å². The van der Waals surface area contributed by atoms with Crippen LogP contribution in [0.15, 0.2) is 47.4 Å². The lowest BCUT2D eigenvalue weighted by Crippen LogP contribution is -2.32. The largest absolute Gasteiger partial charge is 0.478 e. The SMILES string of the molecule is Cc1ccc(C(=O)O)cc1S(=O)(=O)Nc1ccccc1C(=O)NC[C@H]1CCCO1. The van der Waals surface area contributed by atoms with Gasteiger partial charge in [0.05, 0.1) is 27.8 Å². The maximum absolute atomic E-state index is 12.9.